The fraction of sp³-hybridized carbons (Fsp3) is 0.333. The van der Waals surface area contributed by atoms with Crippen molar-refractivity contribution in [3.05, 3.63) is 77.5 Å². The van der Waals surface area contributed by atoms with Crippen LogP contribution in [0.5, 0.6) is 5.75 Å². The predicted octanol–water partition coefficient (Wildman–Crippen LogP) is 3.98. The van der Waals surface area contributed by atoms with Gasteiger partial charge in [-0.3, -0.25) is 9.69 Å². The van der Waals surface area contributed by atoms with E-state index in [9.17, 15) is 4.79 Å². The molecule has 0 radical (unpaired) electrons. The van der Waals surface area contributed by atoms with Crippen molar-refractivity contribution in [2.45, 2.75) is 38.6 Å². The highest BCUT2D eigenvalue weighted by molar-refractivity contribution is 6.30. The molecule has 7 N–H and O–H groups in total. The average molecular weight is 513 g/mol. The zero-order valence-electron chi connectivity index (χ0n) is 21.1. The molecule has 8 nitrogen and oxygen atoms in total. The fourth-order valence-corrected chi connectivity index (χ4v) is 3.84. The van der Waals surface area contributed by atoms with Crippen molar-refractivity contribution in [1.82, 2.24) is 5.32 Å². The molecule has 0 unspecified atom stereocenters. The van der Waals surface area contributed by atoms with E-state index in [1.807, 2.05) is 30.3 Å². The van der Waals surface area contributed by atoms with Crippen LogP contribution in [0.2, 0.25) is 5.02 Å². The molecule has 0 aliphatic heterocycles. The molecule has 0 saturated heterocycles. The number of ether oxygens (including phenoxy) is 1. The molecule has 0 heterocycles. The van der Waals surface area contributed by atoms with Crippen LogP contribution in [0.1, 0.15) is 43.7 Å². The lowest BCUT2D eigenvalue weighted by Crippen LogP contribution is -2.41. The van der Waals surface area contributed by atoms with Gasteiger partial charge >= 0.3 is 0 Å². The molecule has 0 aliphatic carbocycles. The molecule has 0 saturated carbocycles. The Bertz CT molecular complexity index is 1080. The third-order valence-electron chi connectivity index (χ3n) is 5.80. The number of carbonyl (C=O) groups excluding carboxylic acids is 1. The summed E-state index contributed by atoms with van der Waals surface area (Å²) < 4.78 is 5.46. The molecule has 0 spiro atoms. The van der Waals surface area contributed by atoms with Crippen molar-refractivity contribution < 1.29 is 9.53 Å². The molecular formula is C27H37ClN6O2. The number of rotatable bonds is 13. The number of halogens is 1. The Morgan fingerprint density at radius 1 is 1.17 bits per heavy atom. The molecule has 0 aliphatic rings. The number of unbranched alkanes of at least 4 members (excludes halogenated alkanes) is 2. The highest BCUT2D eigenvalue weighted by atomic mass is 35.5. The third kappa shape index (κ3) is 7.84. The lowest BCUT2D eigenvalue weighted by molar-refractivity contribution is -0.121. The molecule has 2 aromatic rings. The van der Waals surface area contributed by atoms with Gasteiger partial charge in [-0.15, -0.1) is 0 Å². The van der Waals surface area contributed by atoms with Crippen LogP contribution in [0.3, 0.4) is 0 Å². The van der Waals surface area contributed by atoms with E-state index in [2.05, 4.69) is 23.6 Å². The van der Waals surface area contributed by atoms with Crippen molar-refractivity contribution in [2.75, 3.05) is 25.1 Å². The lowest BCUT2D eigenvalue weighted by Gasteiger charge is -2.31. The monoisotopic (exact) mass is 512 g/mol. The van der Waals surface area contributed by atoms with Gasteiger partial charge in [-0.1, -0.05) is 43.3 Å². The van der Waals surface area contributed by atoms with E-state index in [1.165, 1.54) is 0 Å². The number of methoxy groups -OCH3 is 1. The number of amidine groups is 1. The van der Waals surface area contributed by atoms with Gasteiger partial charge in [0.25, 0.3) is 0 Å². The van der Waals surface area contributed by atoms with E-state index in [0.29, 0.717) is 41.1 Å². The topological polar surface area (TPSA) is 132 Å². The Labute approximate surface area is 218 Å². The van der Waals surface area contributed by atoms with Gasteiger partial charge in [0.05, 0.1) is 18.8 Å². The number of nitrogens with zero attached hydrogens (tertiary/aromatic N) is 2. The summed E-state index contributed by atoms with van der Waals surface area (Å²) in [5.74, 6) is 6.63. The second kappa shape index (κ2) is 14.3. The summed E-state index contributed by atoms with van der Waals surface area (Å²) in [7, 11) is 1.59. The van der Waals surface area contributed by atoms with Crippen LogP contribution in [0.4, 0.5) is 5.69 Å². The Hall–Kier alpha value is -3.33. The molecular weight excluding hydrogens is 476 g/mol. The maximum atomic E-state index is 12.5. The van der Waals surface area contributed by atoms with Crippen LogP contribution in [0.15, 0.2) is 66.4 Å². The number of nitrogens with one attached hydrogen (secondary N) is 1. The average Bonchev–Trinajstić information content (AvgIpc) is 2.88. The second-order valence-electron chi connectivity index (χ2n) is 8.38. The van der Waals surface area contributed by atoms with Crippen LogP contribution in [-0.2, 0) is 4.79 Å². The molecule has 2 aromatic carbocycles. The van der Waals surface area contributed by atoms with E-state index in [4.69, 9.17) is 33.6 Å². The summed E-state index contributed by atoms with van der Waals surface area (Å²) >= 11 is 6.07. The smallest absolute Gasteiger partial charge is 0.221 e. The van der Waals surface area contributed by atoms with Crippen LogP contribution < -0.4 is 32.3 Å². The van der Waals surface area contributed by atoms with Crippen molar-refractivity contribution in [2.24, 2.45) is 22.4 Å². The van der Waals surface area contributed by atoms with Gasteiger partial charge in [0.1, 0.15) is 11.6 Å². The molecule has 36 heavy (non-hydrogen) atoms. The van der Waals surface area contributed by atoms with Gasteiger partial charge in [0.2, 0.25) is 5.91 Å². The van der Waals surface area contributed by atoms with Crippen LogP contribution in [0.25, 0.3) is 5.57 Å². The highest BCUT2D eigenvalue weighted by Gasteiger charge is 2.25. The second-order valence-corrected chi connectivity index (χ2v) is 8.82. The Morgan fingerprint density at radius 3 is 2.47 bits per heavy atom. The minimum absolute atomic E-state index is 0.0632. The zero-order chi connectivity index (χ0) is 26.7. The van der Waals surface area contributed by atoms with Crippen LogP contribution >= 0.6 is 11.6 Å². The summed E-state index contributed by atoms with van der Waals surface area (Å²) in [5, 5.41) is 7.42. The Kier molecular flexibility index (Phi) is 11.5. The standard InChI is InChI=1S/C27H37ClN6O2/c1-18(21-8-10-22(28)11-9-21)24-16-23(36-4)12-13-26(24)34(20(3)33-31)19(2)25(30)17-27(35)32-15-7-5-6-14-29/h8-13,16,25H,1-2,5-7,14-15,17,29-31H2,3-4H3,(H,32,35)/b33-20-/t25-/m0/s1. The van der Waals surface area contributed by atoms with Crippen molar-refractivity contribution in [1.29, 1.82) is 0 Å². The van der Waals surface area contributed by atoms with E-state index in [-0.39, 0.29) is 12.3 Å². The van der Waals surface area contributed by atoms with Crippen molar-refractivity contribution in [3.63, 3.8) is 0 Å². The first-order chi connectivity index (χ1) is 17.2. The summed E-state index contributed by atoms with van der Waals surface area (Å²) in [6, 6.07) is 12.3. The molecule has 0 aromatic heterocycles. The molecule has 9 heteroatoms. The van der Waals surface area contributed by atoms with Gasteiger partial charge in [-0.25, -0.2) is 0 Å². The lowest BCUT2D eigenvalue weighted by atomic mass is 9.96. The van der Waals surface area contributed by atoms with Gasteiger partial charge in [0, 0.05) is 29.2 Å². The highest BCUT2D eigenvalue weighted by Crippen LogP contribution is 2.36. The molecule has 1 atom stereocenters. The van der Waals surface area contributed by atoms with Gasteiger partial charge < -0.3 is 27.4 Å². The molecule has 0 fully saturated rings. The number of hydrazone groups is 1. The first kappa shape index (κ1) is 28.9. The SMILES string of the molecule is C=C(c1ccc(Cl)cc1)c1cc(OC)ccc1N(C(=C)[C@@H](N)CC(=O)NCCCCCN)/C(C)=N\N. The first-order valence-electron chi connectivity index (χ1n) is 11.8. The minimum Gasteiger partial charge on any atom is -0.497 e. The number of anilines is 1. The zero-order valence-corrected chi connectivity index (χ0v) is 21.9. The Balaban J connectivity index is 2.34. The van der Waals surface area contributed by atoms with Crippen molar-refractivity contribution in [3.8, 4) is 5.75 Å². The van der Waals surface area contributed by atoms with Crippen LogP contribution in [-0.4, -0.2) is 38.0 Å². The number of nitrogens with two attached hydrogens (primary N) is 3. The van der Waals surface area contributed by atoms with E-state index >= 15 is 0 Å². The van der Waals surface area contributed by atoms with E-state index < -0.39 is 6.04 Å². The fourth-order valence-electron chi connectivity index (χ4n) is 3.71. The number of amides is 1. The third-order valence-corrected chi connectivity index (χ3v) is 6.05. The summed E-state index contributed by atoms with van der Waals surface area (Å²) in [4.78, 5) is 14.2. The van der Waals surface area contributed by atoms with E-state index in [1.54, 1.807) is 31.1 Å². The maximum Gasteiger partial charge on any atom is 0.221 e. The number of hydrogen-bond acceptors (Lipinski definition) is 6. The summed E-state index contributed by atoms with van der Waals surface area (Å²) in [6.07, 6.45) is 2.83. The minimum atomic E-state index is -0.676. The summed E-state index contributed by atoms with van der Waals surface area (Å²) in [6.45, 7) is 11.5. The quantitative estimate of drug-likeness (QED) is 0.105. The van der Waals surface area contributed by atoms with Gasteiger partial charge in [0.15, 0.2) is 0 Å². The maximum absolute atomic E-state index is 12.5. The normalized spacial score (nSPS) is 12.1. The number of benzene rings is 2. The molecule has 194 valence electrons. The first-order valence-corrected chi connectivity index (χ1v) is 12.2. The van der Waals surface area contributed by atoms with Gasteiger partial charge in [-0.05, 0) is 67.8 Å². The van der Waals surface area contributed by atoms with E-state index in [0.717, 1.165) is 36.0 Å². The summed E-state index contributed by atoms with van der Waals surface area (Å²) in [5.41, 5.74) is 15.5. The molecule has 2 rings (SSSR count). The molecule has 1 amide bonds. The number of hydrogen-bond donors (Lipinski definition) is 4. The van der Waals surface area contributed by atoms with Crippen LogP contribution in [0, 0.1) is 0 Å². The predicted molar refractivity (Wildman–Crippen MR) is 150 cm³/mol. The molecule has 0 bridgehead atoms. The van der Waals surface area contributed by atoms with Crippen molar-refractivity contribution >= 4 is 34.6 Å². The Morgan fingerprint density at radius 2 is 1.86 bits per heavy atom. The largest absolute Gasteiger partial charge is 0.497 e. The number of carbonyl (C=O) groups is 1. The van der Waals surface area contributed by atoms with Gasteiger partial charge in [-0.2, -0.15) is 5.10 Å².